The second kappa shape index (κ2) is 9.48. The molecule has 3 aliphatic rings. The summed E-state index contributed by atoms with van der Waals surface area (Å²) in [6, 6.07) is 6.24. The predicted molar refractivity (Wildman–Crippen MR) is 148 cm³/mol. The molecule has 7 rings (SSSR count). The molecule has 4 aromatic rings. The molecule has 2 atom stereocenters. The van der Waals surface area contributed by atoms with E-state index in [0.717, 1.165) is 91.8 Å². The van der Waals surface area contributed by atoms with E-state index in [1.54, 1.807) is 4.68 Å². The summed E-state index contributed by atoms with van der Waals surface area (Å²) in [5, 5.41) is 12.3. The lowest BCUT2D eigenvalue weighted by Gasteiger charge is -2.41. The molecular weight excluding hydrogens is 504 g/mol. The number of aromatic amines is 1. The maximum Gasteiger partial charge on any atom is 0.183 e. The summed E-state index contributed by atoms with van der Waals surface area (Å²) >= 11 is 0. The van der Waals surface area contributed by atoms with Crippen molar-refractivity contribution in [2.45, 2.75) is 44.8 Å². The molecule has 2 fully saturated rings. The fraction of sp³-hybridized carbons (Fsp3) is 0.500. The van der Waals surface area contributed by atoms with Crippen LogP contribution in [0.25, 0.3) is 22.6 Å². The molecule has 3 aliphatic heterocycles. The molecule has 4 aromatic heterocycles. The second-order valence-electron chi connectivity index (χ2n) is 10.7. The highest BCUT2D eigenvalue weighted by Crippen LogP contribution is 2.42. The van der Waals surface area contributed by atoms with Gasteiger partial charge in [0.2, 0.25) is 0 Å². The lowest BCUT2D eigenvalue weighted by molar-refractivity contribution is 0.0974. The van der Waals surface area contributed by atoms with Gasteiger partial charge in [-0.2, -0.15) is 10.2 Å². The van der Waals surface area contributed by atoms with Gasteiger partial charge in [-0.25, -0.2) is 15.0 Å². The number of nitrogens with zero attached hydrogens (tertiary/aromatic N) is 8. The smallest absolute Gasteiger partial charge is 0.183 e. The number of H-pyrrole nitrogens is 1. The van der Waals surface area contributed by atoms with E-state index in [0.29, 0.717) is 5.65 Å². The molecule has 2 saturated heterocycles. The molecule has 200 valence electrons. The van der Waals surface area contributed by atoms with Crippen molar-refractivity contribution in [3.8, 4) is 11.4 Å². The topological polar surface area (TPSA) is 127 Å². The van der Waals surface area contributed by atoms with Gasteiger partial charge in [0.1, 0.15) is 11.5 Å². The normalized spacial score (nSPS) is 22.6. The first-order valence-corrected chi connectivity index (χ1v) is 13.1. The number of halogens is 1. The lowest BCUT2D eigenvalue weighted by atomic mass is 9.73. The summed E-state index contributed by atoms with van der Waals surface area (Å²) in [6.45, 7) is 5.49. The van der Waals surface area contributed by atoms with E-state index in [1.807, 2.05) is 31.6 Å². The Hall–Kier alpha value is -3.28. The minimum Gasteiger partial charge on any atom is -0.376 e. The fourth-order valence-corrected chi connectivity index (χ4v) is 6.14. The van der Waals surface area contributed by atoms with E-state index < -0.39 is 0 Å². The van der Waals surface area contributed by atoms with Gasteiger partial charge in [0.05, 0.1) is 36.0 Å². The monoisotopic (exact) mass is 536 g/mol. The number of aromatic nitrogens is 7. The van der Waals surface area contributed by atoms with Crippen LogP contribution in [-0.2, 0) is 18.2 Å². The van der Waals surface area contributed by atoms with Gasteiger partial charge in [0.25, 0.3) is 0 Å². The molecular formula is C26H33ClN10O. The average Bonchev–Trinajstić information content (AvgIpc) is 3.63. The summed E-state index contributed by atoms with van der Waals surface area (Å²) in [7, 11) is 1.92. The third kappa shape index (κ3) is 4.00. The average molecular weight is 537 g/mol. The van der Waals surface area contributed by atoms with Crippen LogP contribution in [-0.4, -0.2) is 73.3 Å². The van der Waals surface area contributed by atoms with Gasteiger partial charge in [-0.15, -0.1) is 12.4 Å². The number of fused-ring (bicyclic) bond motifs is 2. The quantitative estimate of drug-likeness (QED) is 0.406. The van der Waals surface area contributed by atoms with Gasteiger partial charge in [0, 0.05) is 44.3 Å². The Morgan fingerprint density at radius 1 is 1.11 bits per heavy atom. The molecule has 3 N–H and O–H groups in total. The lowest BCUT2D eigenvalue weighted by Crippen LogP contribution is -2.50. The molecule has 0 amide bonds. The zero-order valence-corrected chi connectivity index (χ0v) is 22.5. The number of rotatable bonds is 3. The van der Waals surface area contributed by atoms with Crippen molar-refractivity contribution in [3.05, 3.63) is 36.3 Å². The van der Waals surface area contributed by atoms with Crippen LogP contribution in [0.2, 0.25) is 0 Å². The molecule has 12 heteroatoms. The highest BCUT2D eigenvalue weighted by molar-refractivity contribution is 5.87. The van der Waals surface area contributed by atoms with E-state index in [2.05, 4.69) is 38.1 Å². The number of anilines is 3. The Morgan fingerprint density at radius 3 is 2.68 bits per heavy atom. The maximum atomic E-state index is 6.49. The van der Waals surface area contributed by atoms with Crippen LogP contribution in [0.4, 0.5) is 17.3 Å². The van der Waals surface area contributed by atoms with Gasteiger partial charge >= 0.3 is 0 Å². The molecule has 11 nitrogen and oxygen atoms in total. The molecule has 0 bridgehead atoms. The van der Waals surface area contributed by atoms with Crippen molar-refractivity contribution in [2.75, 3.05) is 36.0 Å². The third-order valence-electron chi connectivity index (χ3n) is 8.44. The van der Waals surface area contributed by atoms with E-state index in [9.17, 15) is 0 Å². The Labute approximate surface area is 227 Å². The minimum absolute atomic E-state index is 0. The van der Waals surface area contributed by atoms with Crippen molar-refractivity contribution < 1.29 is 4.74 Å². The van der Waals surface area contributed by atoms with Gasteiger partial charge in [0.15, 0.2) is 17.0 Å². The molecule has 0 unspecified atom stereocenters. The Balaban J connectivity index is 0.00000264. The fourth-order valence-electron chi connectivity index (χ4n) is 6.14. The zero-order chi connectivity index (χ0) is 25.1. The maximum absolute atomic E-state index is 6.49. The number of hydrogen-bond acceptors (Lipinski definition) is 9. The van der Waals surface area contributed by atoms with Crippen LogP contribution in [0.3, 0.4) is 0 Å². The van der Waals surface area contributed by atoms with Crippen LogP contribution < -0.4 is 15.5 Å². The number of ether oxygens (including phenoxy) is 1. The molecule has 38 heavy (non-hydrogen) atoms. The van der Waals surface area contributed by atoms with Crippen LogP contribution in [0.5, 0.6) is 0 Å². The number of pyridine rings is 1. The number of piperidine rings is 1. The molecule has 1 spiro atoms. The van der Waals surface area contributed by atoms with E-state index in [1.165, 1.54) is 0 Å². The van der Waals surface area contributed by atoms with Gasteiger partial charge in [-0.3, -0.25) is 9.78 Å². The highest BCUT2D eigenvalue weighted by Gasteiger charge is 2.47. The van der Waals surface area contributed by atoms with E-state index in [-0.39, 0.29) is 30.0 Å². The van der Waals surface area contributed by atoms with Crippen molar-refractivity contribution >= 4 is 40.9 Å². The van der Waals surface area contributed by atoms with Crippen molar-refractivity contribution in [3.63, 3.8) is 0 Å². The number of hydrogen-bond donors (Lipinski definition) is 2. The standard InChI is InChI=1S/C26H32N10O.ClH/c1-16-23(27)26(15-37-16)8-12-35(13-9-26)21-14-28-22-24(30-21)31-32-25(22)36-10-3-4-19-20(36)6-5-17(29-19)18-7-11-34(2)33-18;/h5-7,11,14,16,23H,3-4,8-10,12-13,15,27H2,1-2H3,(H,30,31,32);1H/t16-,23+;/m0./s1. The Morgan fingerprint density at radius 2 is 1.95 bits per heavy atom. The van der Waals surface area contributed by atoms with Gasteiger partial charge in [-0.1, -0.05) is 0 Å². The number of aryl methyl sites for hydroxylation is 2. The largest absolute Gasteiger partial charge is 0.376 e. The highest BCUT2D eigenvalue weighted by atomic mass is 35.5. The third-order valence-corrected chi connectivity index (χ3v) is 8.44. The van der Waals surface area contributed by atoms with Crippen LogP contribution >= 0.6 is 12.4 Å². The molecule has 0 radical (unpaired) electrons. The molecule has 0 aliphatic carbocycles. The van der Waals surface area contributed by atoms with Gasteiger partial charge < -0.3 is 20.3 Å². The molecule has 0 aromatic carbocycles. The van der Waals surface area contributed by atoms with Crippen molar-refractivity contribution in [1.29, 1.82) is 0 Å². The minimum atomic E-state index is 0. The van der Waals surface area contributed by atoms with Gasteiger partial charge in [-0.05, 0) is 50.8 Å². The summed E-state index contributed by atoms with van der Waals surface area (Å²) in [6.07, 6.45) is 7.87. The zero-order valence-electron chi connectivity index (χ0n) is 21.7. The second-order valence-corrected chi connectivity index (χ2v) is 10.7. The van der Waals surface area contributed by atoms with E-state index >= 15 is 0 Å². The van der Waals surface area contributed by atoms with Crippen molar-refractivity contribution in [2.24, 2.45) is 18.2 Å². The number of nitrogens with two attached hydrogens (primary N) is 1. The number of nitrogens with one attached hydrogen (secondary N) is 1. The Kier molecular flexibility index (Phi) is 6.24. The van der Waals surface area contributed by atoms with Crippen molar-refractivity contribution in [1.82, 2.24) is 34.9 Å². The summed E-state index contributed by atoms with van der Waals surface area (Å²) < 4.78 is 7.67. The predicted octanol–water partition coefficient (Wildman–Crippen LogP) is 2.99. The first-order valence-electron chi connectivity index (χ1n) is 13.1. The Bertz CT molecular complexity index is 1460. The SMILES string of the molecule is C[C@@H]1OCC2(CCN(c3cnc4c(N5CCCc6nc(-c7ccn(C)n7)ccc65)n[nH]c4n3)CC2)[C@@H]1N.Cl. The summed E-state index contributed by atoms with van der Waals surface area (Å²) in [5.41, 5.74) is 11.9. The van der Waals surface area contributed by atoms with E-state index in [4.69, 9.17) is 25.4 Å². The first kappa shape index (κ1) is 25.0. The summed E-state index contributed by atoms with van der Waals surface area (Å²) in [5.74, 6) is 1.67. The first-order chi connectivity index (χ1) is 18.0. The molecule has 0 saturated carbocycles. The van der Waals surface area contributed by atoms with Crippen LogP contribution in [0.15, 0.2) is 30.6 Å². The molecule has 7 heterocycles. The summed E-state index contributed by atoms with van der Waals surface area (Å²) in [4.78, 5) is 19.2. The van der Waals surface area contributed by atoms with Crippen LogP contribution in [0, 0.1) is 5.41 Å². The van der Waals surface area contributed by atoms with Crippen LogP contribution in [0.1, 0.15) is 31.9 Å².